The van der Waals surface area contributed by atoms with E-state index in [0.29, 0.717) is 6.04 Å². The van der Waals surface area contributed by atoms with Gasteiger partial charge in [0.25, 0.3) is 0 Å². The van der Waals surface area contributed by atoms with Crippen LogP contribution in [-0.4, -0.2) is 24.1 Å². The number of aryl methyl sites for hydroxylation is 2. The van der Waals surface area contributed by atoms with Crippen molar-refractivity contribution in [2.75, 3.05) is 18.4 Å². The molecule has 0 aliphatic carbocycles. The number of nitrogens with one attached hydrogen (secondary N) is 3. The lowest BCUT2D eigenvalue weighted by atomic mass is 10.1. The van der Waals surface area contributed by atoms with Crippen molar-refractivity contribution in [3.8, 4) is 0 Å². The first-order valence-corrected chi connectivity index (χ1v) is 6.31. The third kappa shape index (κ3) is 1.80. The monoisotopic (exact) mass is 229 g/mol. The smallest absolute Gasteiger partial charge is 0.0479 e. The van der Waals surface area contributed by atoms with Crippen molar-refractivity contribution < 1.29 is 0 Å². The van der Waals surface area contributed by atoms with Gasteiger partial charge in [0.05, 0.1) is 0 Å². The van der Waals surface area contributed by atoms with Gasteiger partial charge < -0.3 is 15.6 Å². The summed E-state index contributed by atoms with van der Waals surface area (Å²) in [5, 5.41) is 8.39. The molecule has 2 aromatic rings. The molecule has 0 unspecified atom stereocenters. The number of H-pyrrole nitrogens is 1. The van der Waals surface area contributed by atoms with Gasteiger partial charge in [-0.05, 0) is 44.5 Å². The first-order chi connectivity index (χ1) is 8.25. The van der Waals surface area contributed by atoms with Crippen LogP contribution in [0, 0.1) is 13.8 Å². The van der Waals surface area contributed by atoms with Crippen LogP contribution in [0.3, 0.4) is 0 Å². The van der Waals surface area contributed by atoms with Crippen LogP contribution in [0.4, 0.5) is 5.69 Å². The lowest BCUT2D eigenvalue weighted by Gasteiger charge is -2.14. The van der Waals surface area contributed by atoms with Crippen LogP contribution in [-0.2, 0) is 0 Å². The van der Waals surface area contributed by atoms with E-state index in [1.54, 1.807) is 0 Å². The number of anilines is 1. The van der Waals surface area contributed by atoms with Crippen LogP contribution < -0.4 is 10.6 Å². The van der Waals surface area contributed by atoms with Crippen molar-refractivity contribution in [3.05, 3.63) is 29.5 Å². The van der Waals surface area contributed by atoms with Crippen LogP contribution in [0.25, 0.3) is 10.9 Å². The Kier molecular flexibility index (Phi) is 2.56. The van der Waals surface area contributed by atoms with Gasteiger partial charge in [-0.25, -0.2) is 0 Å². The van der Waals surface area contributed by atoms with Crippen molar-refractivity contribution in [1.29, 1.82) is 0 Å². The minimum Gasteiger partial charge on any atom is -0.380 e. The highest BCUT2D eigenvalue weighted by Crippen LogP contribution is 2.29. The van der Waals surface area contributed by atoms with E-state index in [-0.39, 0.29) is 0 Å². The molecule has 3 nitrogen and oxygen atoms in total. The summed E-state index contributed by atoms with van der Waals surface area (Å²) in [7, 11) is 0. The molecule has 1 aromatic carbocycles. The molecule has 1 aliphatic rings. The Morgan fingerprint density at radius 2 is 2.18 bits per heavy atom. The standard InChI is InChI=1S/C14H19N3/c1-9-10(2)16-12-4-3-5-13(14(9)12)17-11-6-7-15-8-11/h3-5,11,15-17H,6-8H2,1-2H3/t11-/m0/s1. The normalized spacial score (nSPS) is 20.0. The predicted octanol–water partition coefficient (Wildman–Crippen LogP) is 2.56. The van der Waals surface area contributed by atoms with Crippen molar-refractivity contribution in [1.82, 2.24) is 10.3 Å². The van der Waals surface area contributed by atoms with E-state index in [1.807, 2.05) is 0 Å². The maximum atomic E-state index is 3.66. The zero-order valence-corrected chi connectivity index (χ0v) is 10.4. The second kappa shape index (κ2) is 4.08. The van der Waals surface area contributed by atoms with Gasteiger partial charge in [0, 0.05) is 34.9 Å². The van der Waals surface area contributed by atoms with Gasteiger partial charge in [0.15, 0.2) is 0 Å². The molecule has 0 bridgehead atoms. The highest BCUT2D eigenvalue weighted by atomic mass is 15.0. The van der Waals surface area contributed by atoms with Crippen molar-refractivity contribution in [3.63, 3.8) is 0 Å². The van der Waals surface area contributed by atoms with Gasteiger partial charge in [-0.2, -0.15) is 0 Å². The number of hydrogen-bond donors (Lipinski definition) is 3. The molecule has 17 heavy (non-hydrogen) atoms. The third-order valence-corrected chi connectivity index (χ3v) is 3.74. The van der Waals surface area contributed by atoms with E-state index in [2.05, 4.69) is 47.7 Å². The topological polar surface area (TPSA) is 39.9 Å². The zero-order valence-electron chi connectivity index (χ0n) is 10.4. The summed E-state index contributed by atoms with van der Waals surface area (Å²) < 4.78 is 0. The fraction of sp³-hybridized carbons (Fsp3) is 0.429. The van der Waals surface area contributed by atoms with Crippen LogP contribution in [0.5, 0.6) is 0 Å². The minimum atomic E-state index is 0.565. The van der Waals surface area contributed by atoms with Gasteiger partial charge in [-0.1, -0.05) is 6.07 Å². The van der Waals surface area contributed by atoms with E-state index < -0.39 is 0 Å². The molecule has 2 heterocycles. The summed E-state index contributed by atoms with van der Waals surface area (Å²) in [6, 6.07) is 7.01. The van der Waals surface area contributed by atoms with Crippen LogP contribution in [0.15, 0.2) is 18.2 Å². The highest BCUT2D eigenvalue weighted by Gasteiger charge is 2.16. The van der Waals surface area contributed by atoms with Crippen molar-refractivity contribution >= 4 is 16.6 Å². The Labute approximate surface area is 102 Å². The molecule has 1 fully saturated rings. The molecule has 1 aliphatic heterocycles. The fourth-order valence-corrected chi connectivity index (χ4v) is 2.66. The van der Waals surface area contributed by atoms with Gasteiger partial charge in [-0.15, -0.1) is 0 Å². The molecular weight excluding hydrogens is 210 g/mol. The molecule has 3 heteroatoms. The average molecular weight is 229 g/mol. The molecule has 1 saturated heterocycles. The van der Waals surface area contributed by atoms with Gasteiger partial charge in [0.1, 0.15) is 0 Å². The number of aromatic nitrogens is 1. The van der Waals surface area contributed by atoms with Gasteiger partial charge in [0.2, 0.25) is 0 Å². The Bertz CT molecular complexity index is 536. The van der Waals surface area contributed by atoms with Crippen LogP contribution >= 0.6 is 0 Å². The molecule has 90 valence electrons. The van der Waals surface area contributed by atoms with Gasteiger partial charge >= 0.3 is 0 Å². The average Bonchev–Trinajstić information content (AvgIpc) is 2.90. The number of hydrogen-bond acceptors (Lipinski definition) is 2. The Morgan fingerprint density at radius 1 is 1.29 bits per heavy atom. The molecule has 3 N–H and O–H groups in total. The van der Waals surface area contributed by atoms with Crippen molar-refractivity contribution in [2.45, 2.75) is 26.3 Å². The lowest BCUT2D eigenvalue weighted by Crippen LogP contribution is -2.22. The lowest BCUT2D eigenvalue weighted by molar-refractivity contribution is 0.794. The zero-order chi connectivity index (χ0) is 11.8. The molecule has 3 rings (SSSR count). The fourth-order valence-electron chi connectivity index (χ4n) is 2.66. The summed E-state index contributed by atoms with van der Waals surface area (Å²) in [5.41, 5.74) is 5.11. The Morgan fingerprint density at radius 3 is 2.94 bits per heavy atom. The predicted molar refractivity (Wildman–Crippen MR) is 72.7 cm³/mol. The Hall–Kier alpha value is -1.48. The molecule has 0 saturated carbocycles. The maximum Gasteiger partial charge on any atom is 0.0479 e. The number of rotatable bonds is 2. The van der Waals surface area contributed by atoms with E-state index in [1.165, 1.54) is 34.3 Å². The Balaban J connectivity index is 2.02. The molecule has 0 amide bonds. The molecule has 0 spiro atoms. The number of benzene rings is 1. The third-order valence-electron chi connectivity index (χ3n) is 3.74. The largest absolute Gasteiger partial charge is 0.380 e. The van der Waals surface area contributed by atoms with E-state index in [0.717, 1.165) is 13.1 Å². The summed E-state index contributed by atoms with van der Waals surface area (Å²) in [6.45, 7) is 6.51. The van der Waals surface area contributed by atoms with Crippen LogP contribution in [0.2, 0.25) is 0 Å². The summed E-state index contributed by atoms with van der Waals surface area (Å²) in [6.07, 6.45) is 1.21. The molecule has 0 radical (unpaired) electrons. The van der Waals surface area contributed by atoms with E-state index in [4.69, 9.17) is 0 Å². The number of aromatic amines is 1. The van der Waals surface area contributed by atoms with Crippen molar-refractivity contribution in [2.24, 2.45) is 0 Å². The van der Waals surface area contributed by atoms with Crippen LogP contribution in [0.1, 0.15) is 17.7 Å². The first kappa shape index (κ1) is 10.7. The highest BCUT2D eigenvalue weighted by molar-refractivity contribution is 5.95. The van der Waals surface area contributed by atoms with Gasteiger partial charge in [-0.3, -0.25) is 0 Å². The molecular formula is C14H19N3. The summed E-state index contributed by atoms with van der Waals surface area (Å²) in [4.78, 5) is 3.44. The second-order valence-electron chi connectivity index (χ2n) is 4.94. The second-order valence-corrected chi connectivity index (χ2v) is 4.94. The molecule has 1 aromatic heterocycles. The SMILES string of the molecule is Cc1[nH]c2cccc(N[C@H]3CCNC3)c2c1C. The molecule has 1 atom stereocenters. The van der Waals surface area contributed by atoms with E-state index in [9.17, 15) is 0 Å². The summed E-state index contributed by atoms with van der Waals surface area (Å²) >= 11 is 0. The maximum absolute atomic E-state index is 3.66. The van der Waals surface area contributed by atoms with E-state index >= 15 is 0 Å². The first-order valence-electron chi connectivity index (χ1n) is 6.31. The number of fused-ring (bicyclic) bond motifs is 1. The summed E-state index contributed by atoms with van der Waals surface area (Å²) in [5.74, 6) is 0. The minimum absolute atomic E-state index is 0.565. The quantitative estimate of drug-likeness (QED) is 0.740.